The standard InChI is InChI=1S/C22H24N2O6S/c1-22(2,3)30-21(29)24(12-14-5-8-17(31-14)20(27)28)11-10-13-4-7-16(25)19-15(13)6-9-18(26)23-19/h4-9,25H,10-12H2,1-3H3,(H,23,26)(H,27,28). The van der Waals surface area contributed by atoms with Crippen LogP contribution >= 0.6 is 11.3 Å². The Morgan fingerprint density at radius 1 is 1.13 bits per heavy atom. The average molecular weight is 445 g/mol. The summed E-state index contributed by atoms with van der Waals surface area (Å²) in [5.41, 5.74) is 0.192. The molecule has 0 aliphatic heterocycles. The SMILES string of the molecule is CC(C)(C)OC(=O)N(CCc1ccc(O)c2[nH]c(=O)ccc12)Cc1ccc(C(=O)O)s1. The van der Waals surface area contributed by atoms with Crippen LogP contribution in [0.1, 0.15) is 40.9 Å². The number of carbonyl (C=O) groups excluding carboxylic acids is 1. The van der Waals surface area contributed by atoms with Gasteiger partial charge in [0.05, 0.1) is 12.1 Å². The van der Waals surface area contributed by atoms with Gasteiger partial charge >= 0.3 is 12.1 Å². The maximum atomic E-state index is 12.8. The molecule has 0 aliphatic rings. The van der Waals surface area contributed by atoms with Crippen molar-refractivity contribution < 1.29 is 24.5 Å². The molecule has 0 atom stereocenters. The fourth-order valence-corrected chi connectivity index (χ4v) is 3.96. The molecule has 3 rings (SSSR count). The summed E-state index contributed by atoms with van der Waals surface area (Å²) >= 11 is 1.11. The van der Waals surface area contributed by atoms with Crippen LogP contribution in [0.2, 0.25) is 0 Å². The van der Waals surface area contributed by atoms with E-state index in [0.717, 1.165) is 21.8 Å². The van der Waals surface area contributed by atoms with Gasteiger partial charge in [0.1, 0.15) is 16.2 Å². The molecule has 0 saturated heterocycles. The van der Waals surface area contributed by atoms with Crippen molar-refractivity contribution in [3.05, 3.63) is 62.1 Å². The summed E-state index contributed by atoms with van der Waals surface area (Å²) < 4.78 is 5.52. The lowest BCUT2D eigenvalue weighted by Gasteiger charge is -2.27. The number of fused-ring (bicyclic) bond motifs is 1. The van der Waals surface area contributed by atoms with Crippen molar-refractivity contribution in [2.24, 2.45) is 0 Å². The molecule has 2 heterocycles. The minimum Gasteiger partial charge on any atom is -0.506 e. The van der Waals surface area contributed by atoms with Crippen molar-refractivity contribution in [2.45, 2.75) is 39.3 Å². The van der Waals surface area contributed by atoms with Crippen LogP contribution in [0.5, 0.6) is 5.75 Å². The second-order valence-corrected chi connectivity index (χ2v) is 9.25. The molecule has 3 N–H and O–H groups in total. The number of hydrogen-bond donors (Lipinski definition) is 3. The zero-order chi connectivity index (χ0) is 22.8. The molecule has 0 aliphatic carbocycles. The van der Waals surface area contributed by atoms with Crippen LogP contribution in [0.15, 0.2) is 41.2 Å². The molecular weight excluding hydrogens is 420 g/mol. The average Bonchev–Trinajstić information content (AvgIpc) is 3.14. The Bertz CT molecular complexity index is 1170. The first-order valence-corrected chi connectivity index (χ1v) is 10.5. The van der Waals surface area contributed by atoms with Crippen molar-refractivity contribution in [3.63, 3.8) is 0 Å². The summed E-state index contributed by atoms with van der Waals surface area (Å²) in [7, 11) is 0. The number of hydrogen-bond acceptors (Lipinski definition) is 6. The number of aromatic carboxylic acids is 1. The maximum absolute atomic E-state index is 12.8. The summed E-state index contributed by atoms with van der Waals surface area (Å²) in [5, 5.41) is 19.9. The number of carboxylic acids is 1. The number of aromatic amines is 1. The van der Waals surface area contributed by atoms with E-state index in [4.69, 9.17) is 9.84 Å². The lowest BCUT2D eigenvalue weighted by molar-refractivity contribution is 0.0237. The second-order valence-electron chi connectivity index (χ2n) is 8.08. The number of phenolic OH excluding ortho intramolecular Hbond substituents is 1. The Labute approximate surface area is 182 Å². The summed E-state index contributed by atoms with van der Waals surface area (Å²) in [6, 6.07) is 9.47. The van der Waals surface area contributed by atoms with E-state index in [-0.39, 0.29) is 22.7 Å². The second kappa shape index (κ2) is 8.81. The van der Waals surface area contributed by atoms with E-state index in [1.54, 1.807) is 39.0 Å². The molecule has 0 radical (unpaired) electrons. The van der Waals surface area contributed by atoms with Crippen molar-refractivity contribution in [1.29, 1.82) is 0 Å². The largest absolute Gasteiger partial charge is 0.506 e. The molecular formula is C22H24N2O6S. The first kappa shape index (κ1) is 22.4. The quantitative estimate of drug-likeness (QED) is 0.529. The van der Waals surface area contributed by atoms with Crippen molar-refractivity contribution >= 4 is 34.3 Å². The number of amides is 1. The van der Waals surface area contributed by atoms with Crippen molar-refractivity contribution in [3.8, 4) is 5.75 Å². The number of nitrogens with zero attached hydrogens (tertiary/aromatic N) is 1. The number of rotatable bonds is 6. The normalized spacial score (nSPS) is 11.5. The number of benzene rings is 1. The number of nitrogens with one attached hydrogen (secondary N) is 1. The molecule has 0 fully saturated rings. The summed E-state index contributed by atoms with van der Waals surface area (Å²) in [6.07, 6.45) is -0.0616. The van der Waals surface area contributed by atoms with Gasteiger partial charge in [0, 0.05) is 22.9 Å². The Kier molecular flexibility index (Phi) is 6.35. The molecule has 1 amide bonds. The summed E-state index contributed by atoms with van der Waals surface area (Å²) in [6.45, 7) is 5.84. The molecule has 31 heavy (non-hydrogen) atoms. The van der Waals surface area contributed by atoms with Crippen LogP contribution in [-0.2, 0) is 17.7 Å². The first-order valence-electron chi connectivity index (χ1n) is 9.67. The van der Waals surface area contributed by atoms with Gasteiger partial charge in [-0.05, 0) is 57.0 Å². The fraction of sp³-hybridized carbons (Fsp3) is 0.318. The summed E-state index contributed by atoms with van der Waals surface area (Å²) in [5.74, 6) is -1.04. The molecule has 8 nitrogen and oxygen atoms in total. The monoisotopic (exact) mass is 444 g/mol. The van der Waals surface area contributed by atoms with Crippen molar-refractivity contribution in [2.75, 3.05) is 6.54 Å². The van der Waals surface area contributed by atoms with E-state index in [0.29, 0.717) is 23.9 Å². The molecule has 9 heteroatoms. The van der Waals surface area contributed by atoms with Crippen molar-refractivity contribution in [1.82, 2.24) is 9.88 Å². The van der Waals surface area contributed by atoms with Gasteiger partial charge in [0.15, 0.2) is 0 Å². The van der Waals surface area contributed by atoms with Gasteiger partial charge in [-0.15, -0.1) is 11.3 Å². The van der Waals surface area contributed by atoms with Crippen LogP contribution in [0.3, 0.4) is 0 Å². The van der Waals surface area contributed by atoms with E-state index < -0.39 is 17.7 Å². The number of thiophene rings is 1. The molecule has 0 unspecified atom stereocenters. The van der Waals surface area contributed by atoms with Crippen LogP contribution in [-0.4, -0.2) is 44.3 Å². The molecule has 3 aromatic rings. The zero-order valence-electron chi connectivity index (χ0n) is 17.5. The highest BCUT2D eigenvalue weighted by Crippen LogP contribution is 2.26. The lowest BCUT2D eigenvalue weighted by atomic mass is 10.0. The number of carbonyl (C=O) groups is 2. The summed E-state index contributed by atoms with van der Waals surface area (Å²) in [4.78, 5) is 40.6. The number of H-pyrrole nitrogens is 1. The zero-order valence-corrected chi connectivity index (χ0v) is 18.3. The number of carboxylic acid groups (broad SMARTS) is 1. The molecule has 0 bridgehead atoms. The highest BCUT2D eigenvalue weighted by molar-refractivity contribution is 7.13. The van der Waals surface area contributed by atoms with Crippen LogP contribution in [0, 0.1) is 0 Å². The Morgan fingerprint density at radius 2 is 1.87 bits per heavy atom. The molecule has 1 aromatic carbocycles. The van der Waals surface area contributed by atoms with E-state index >= 15 is 0 Å². The van der Waals surface area contributed by atoms with Gasteiger partial charge in [-0.2, -0.15) is 0 Å². The Hall–Kier alpha value is -3.33. The topological polar surface area (TPSA) is 120 Å². The third-order valence-electron chi connectivity index (χ3n) is 4.49. The van der Waals surface area contributed by atoms with Crippen LogP contribution in [0.4, 0.5) is 4.79 Å². The van der Waals surface area contributed by atoms with E-state index in [9.17, 15) is 19.5 Å². The number of phenols is 1. The number of aromatic nitrogens is 1. The Morgan fingerprint density at radius 3 is 2.52 bits per heavy atom. The lowest BCUT2D eigenvalue weighted by Crippen LogP contribution is -2.37. The van der Waals surface area contributed by atoms with Gasteiger partial charge in [-0.1, -0.05) is 6.07 Å². The Balaban J connectivity index is 1.85. The molecule has 164 valence electrons. The minimum atomic E-state index is -1.01. The number of aromatic hydroxyl groups is 1. The third-order valence-corrected chi connectivity index (χ3v) is 5.54. The third kappa shape index (κ3) is 5.64. The van der Waals surface area contributed by atoms with Gasteiger partial charge in [0.25, 0.3) is 0 Å². The van der Waals surface area contributed by atoms with Crippen LogP contribution in [0.25, 0.3) is 10.9 Å². The minimum absolute atomic E-state index is 0.0276. The van der Waals surface area contributed by atoms with E-state index in [1.165, 1.54) is 23.1 Å². The number of ether oxygens (including phenoxy) is 1. The van der Waals surface area contributed by atoms with Gasteiger partial charge in [-0.3, -0.25) is 4.79 Å². The van der Waals surface area contributed by atoms with E-state index in [2.05, 4.69) is 4.98 Å². The maximum Gasteiger partial charge on any atom is 0.410 e. The predicted molar refractivity (Wildman–Crippen MR) is 118 cm³/mol. The highest BCUT2D eigenvalue weighted by Gasteiger charge is 2.23. The highest BCUT2D eigenvalue weighted by atomic mass is 32.1. The number of pyridine rings is 1. The fourth-order valence-electron chi connectivity index (χ4n) is 3.10. The van der Waals surface area contributed by atoms with Gasteiger partial charge in [-0.25, -0.2) is 9.59 Å². The predicted octanol–water partition coefficient (Wildman–Crippen LogP) is 3.97. The molecule has 2 aromatic heterocycles. The van der Waals surface area contributed by atoms with E-state index in [1.807, 2.05) is 0 Å². The van der Waals surface area contributed by atoms with Gasteiger partial charge in [0.2, 0.25) is 5.56 Å². The van der Waals surface area contributed by atoms with Crippen LogP contribution < -0.4 is 5.56 Å². The molecule has 0 spiro atoms. The first-order chi connectivity index (χ1) is 14.5. The smallest absolute Gasteiger partial charge is 0.410 e. The van der Waals surface area contributed by atoms with Gasteiger partial charge < -0.3 is 24.8 Å². The molecule has 0 saturated carbocycles.